The number of amides is 1. The average molecular weight is 211 g/mol. The van der Waals surface area contributed by atoms with Gasteiger partial charge < -0.3 is 15.2 Å². The lowest BCUT2D eigenvalue weighted by Crippen LogP contribution is -2.34. The zero-order valence-electron chi connectivity index (χ0n) is 9.32. The van der Waals surface area contributed by atoms with E-state index in [1.807, 2.05) is 21.0 Å². The number of aromatic nitrogens is 3. The molecule has 0 saturated heterocycles. The number of rotatable bonds is 5. The van der Waals surface area contributed by atoms with E-state index in [9.17, 15) is 4.79 Å². The van der Waals surface area contributed by atoms with E-state index in [1.54, 1.807) is 10.9 Å². The third-order valence-electron chi connectivity index (χ3n) is 2.18. The molecule has 0 saturated carbocycles. The number of hydrogen-bond acceptors (Lipinski definition) is 4. The molecule has 1 unspecified atom stereocenters. The predicted molar refractivity (Wildman–Crippen MR) is 55.9 cm³/mol. The van der Waals surface area contributed by atoms with Crippen molar-refractivity contribution in [1.82, 2.24) is 25.4 Å². The molecule has 84 valence electrons. The topological polar surface area (TPSA) is 71.8 Å². The zero-order chi connectivity index (χ0) is 11.3. The fraction of sp³-hybridized carbons (Fsp3) is 0.667. The minimum absolute atomic E-state index is 0.0207. The molecule has 6 heteroatoms. The van der Waals surface area contributed by atoms with E-state index in [4.69, 9.17) is 0 Å². The van der Waals surface area contributed by atoms with Crippen LogP contribution in [0.3, 0.4) is 0 Å². The van der Waals surface area contributed by atoms with Crippen molar-refractivity contribution in [2.45, 2.75) is 13.5 Å². The van der Waals surface area contributed by atoms with Gasteiger partial charge in [-0.3, -0.25) is 4.79 Å². The Hall–Kier alpha value is -1.43. The van der Waals surface area contributed by atoms with Gasteiger partial charge in [0, 0.05) is 19.5 Å². The summed E-state index contributed by atoms with van der Waals surface area (Å²) in [6, 6.07) is 0. The summed E-state index contributed by atoms with van der Waals surface area (Å²) in [7, 11) is 3.67. The van der Waals surface area contributed by atoms with Gasteiger partial charge in [-0.15, -0.1) is 10.2 Å². The fourth-order valence-corrected chi connectivity index (χ4v) is 1.21. The number of carbonyl (C=O) groups is 1. The Morgan fingerprint density at radius 2 is 2.40 bits per heavy atom. The molecule has 0 aromatic carbocycles. The van der Waals surface area contributed by atoms with Crippen LogP contribution in [0.4, 0.5) is 0 Å². The summed E-state index contributed by atoms with van der Waals surface area (Å²) >= 11 is 0. The second kappa shape index (κ2) is 5.45. The minimum atomic E-state index is -0.0387. The molecule has 6 nitrogen and oxygen atoms in total. The number of nitrogens with zero attached hydrogens (tertiary/aromatic N) is 3. The van der Waals surface area contributed by atoms with E-state index in [-0.39, 0.29) is 11.8 Å². The molecule has 1 rings (SSSR count). The summed E-state index contributed by atoms with van der Waals surface area (Å²) in [4.78, 5) is 11.5. The fourth-order valence-electron chi connectivity index (χ4n) is 1.21. The van der Waals surface area contributed by atoms with E-state index < -0.39 is 0 Å². The van der Waals surface area contributed by atoms with Crippen LogP contribution in [-0.2, 0) is 18.4 Å². The van der Waals surface area contributed by atoms with Gasteiger partial charge in [-0.1, -0.05) is 6.92 Å². The first kappa shape index (κ1) is 11.6. The van der Waals surface area contributed by atoms with Gasteiger partial charge in [-0.25, -0.2) is 0 Å². The van der Waals surface area contributed by atoms with E-state index in [0.29, 0.717) is 13.1 Å². The van der Waals surface area contributed by atoms with Crippen LogP contribution >= 0.6 is 0 Å². The summed E-state index contributed by atoms with van der Waals surface area (Å²) in [5.41, 5.74) is 0. The molecule has 0 aliphatic rings. The molecule has 2 N–H and O–H groups in total. The van der Waals surface area contributed by atoms with Crippen molar-refractivity contribution < 1.29 is 4.79 Å². The molecular formula is C9H17N5O. The van der Waals surface area contributed by atoms with Crippen molar-refractivity contribution in [2.75, 3.05) is 13.6 Å². The Kier molecular flexibility index (Phi) is 4.23. The van der Waals surface area contributed by atoms with Crippen LogP contribution in [0.25, 0.3) is 0 Å². The lowest BCUT2D eigenvalue weighted by molar-refractivity contribution is -0.124. The van der Waals surface area contributed by atoms with Gasteiger partial charge in [-0.2, -0.15) is 0 Å². The number of hydrogen-bond donors (Lipinski definition) is 2. The molecule has 0 spiro atoms. The Bertz CT molecular complexity index is 322. The van der Waals surface area contributed by atoms with Gasteiger partial charge in [0.25, 0.3) is 0 Å². The lowest BCUT2D eigenvalue weighted by Gasteiger charge is -2.10. The van der Waals surface area contributed by atoms with E-state index in [0.717, 1.165) is 5.82 Å². The maximum absolute atomic E-state index is 11.5. The summed E-state index contributed by atoms with van der Waals surface area (Å²) < 4.78 is 1.78. The Morgan fingerprint density at radius 3 is 2.93 bits per heavy atom. The minimum Gasteiger partial charge on any atom is -0.349 e. The summed E-state index contributed by atoms with van der Waals surface area (Å²) in [5, 5.41) is 13.4. The van der Waals surface area contributed by atoms with Crippen LogP contribution in [0.5, 0.6) is 0 Å². The van der Waals surface area contributed by atoms with Crippen LogP contribution < -0.4 is 10.6 Å². The summed E-state index contributed by atoms with van der Waals surface area (Å²) in [6.07, 6.45) is 1.61. The van der Waals surface area contributed by atoms with E-state index in [2.05, 4.69) is 20.8 Å². The maximum atomic E-state index is 11.5. The van der Waals surface area contributed by atoms with Crippen LogP contribution in [0.1, 0.15) is 12.7 Å². The van der Waals surface area contributed by atoms with Gasteiger partial charge in [0.15, 0.2) is 5.82 Å². The molecule has 0 aliphatic carbocycles. The highest BCUT2D eigenvalue weighted by Gasteiger charge is 2.11. The number of carbonyl (C=O) groups excluding carboxylic acids is 1. The Labute approximate surface area is 89.1 Å². The molecule has 0 bridgehead atoms. The third kappa shape index (κ3) is 3.32. The van der Waals surface area contributed by atoms with Crippen LogP contribution in [0, 0.1) is 5.92 Å². The first-order valence-electron chi connectivity index (χ1n) is 4.90. The monoisotopic (exact) mass is 211 g/mol. The van der Waals surface area contributed by atoms with Crippen molar-refractivity contribution >= 4 is 5.91 Å². The normalized spacial score (nSPS) is 12.5. The molecule has 1 atom stereocenters. The molecule has 0 radical (unpaired) electrons. The van der Waals surface area contributed by atoms with Crippen molar-refractivity contribution in [3.05, 3.63) is 12.2 Å². The molecule has 1 amide bonds. The van der Waals surface area contributed by atoms with Crippen molar-refractivity contribution in [3.8, 4) is 0 Å². The largest absolute Gasteiger partial charge is 0.349 e. The van der Waals surface area contributed by atoms with Gasteiger partial charge in [-0.05, 0) is 7.05 Å². The van der Waals surface area contributed by atoms with Crippen LogP contribution in [-0.4, -0.2) is 34.3 Å². The van der Waals surface area contributed by atoms with E-state index >= 15 is 0 Å². The molecular weight excluding hydrogens is 194 g/mol. The number of aryl methyl sites for hydroxylation is 1. The third-order valence-corrected chi connectivity index (χ3v) is 2.18. The molecule has 0 fully saturated rings. The highest BCUT2D eigenvalue weighted by Crippen LogP contribution is 1.95. The smallest absolute Gasteiger partial charge is 0.224 e. The van der Waals surface area contributed by atoms with Gasteiger partial charge in [0.05, 0.1) is 6.54 Å². The molecule has 15 heavy (non-hydrogen) atoms. The molecule has 0 aliphatic heterocycles. The molecule has 1 aromatic rings. The maximum Gasteiger partial charge on any atom is 0.224 e. The summed E-state index contributed by atoms with van der Waals surface area (Å²) in [6.45, 7) is 2.97. The zero-order valence-corrected chi connectivity index (χ0v) is 9.32. The van der Waals surface area contributed by atoms with Crippen molar-refractivity contribution in [2.24, 2.45) is 13.0 Å². The van der Waals surface area contributed by atoms with Crippen molar-refractivity contribution in [1.29, 1.82) is 0 Å². The van der Waals surface area contributed by atoms with Gasteiger partial charge in [0.1, 0.15) is 6.33 Å². The lowest BCUT2D eigenvalue weighted by atomic mass is 10.1. The predicted octanol–water partition coefficient (Wildman–Crippen LogP) is -0.713. The molecule has 1 heterocycles. The van der Waals surface area contributed by atoms with Gasteiger partial charge >= 0.3 is 0 Å². The van der Waals surface area contributed by atoms with Crippen LogP contribution in [0.15, 0.2) is 6.33 Å². The Morgan fingerprint density at radius 1 is 1.67 bits per heavy atom. The second-order valence-electron chi connectivity index (χ2n) is 3.53. The first-order valence-corrected chi connectivity index (χ1v) is 4.90. The summed E-state index contributed by atoms with van der Waals surface area (Å²) in [5.74, 6) is 0.732. The Balaban J connectivity index is 2.37. The molecule has 1 aromatic heterocycles. The van der Waals surface area contributed by atoms with Gasteiger partial charge in [0.2, 0.25) is 5.91 Å². The van der Waals surface area contributed by atoms with Crippen LogP contribution in [0.2, 0.25) is 0 Å². The van der Waals surface area contributed by atoms with Crippen molar-refractivity contribution in [3.63, 3.8) is 0 Å². The standard InChI is InChI=1S/C9H17N5O/c1-7(4-10-2)9(15)11-5-8-13-12-6-14(8)3/h6-7,10H,4-5H2,1-3H3,(H,11,15). The second-order valence-corrected chi connectivity index (χ2v) is 3.53. The van der Waals surface area contributed by atoms with E-state index in [1.165, 1.54) is 0 Å². The first-order chi connectivity index (χ1) is 7.15. The number of nitrogens with one attached hydrogen (secondary N) is 2. The highest BCUT2D eigenvalue weighted by atomic mass is 16.1. The SMILES string of the molecule is CNCC(C)C(=O)NCc1nncn1C. The highest BCUT2D eigenvalue weighted by molar-refractivity contribution is 5.78. The average Bonchev–Trinajstić information content (AvgIpc) is 2.61. The quantitative estimate of drug-likeness (QED) is 0.674.